The van der Waals surface area contributed by atoms with Gasteiger partial charge >= 0.3 is 6.09 Å². The molecule has 0 atom stereocenters. The van der Waals surface area contributed by atoms with Crippen molar-refractivity contribution in [3.05, 3.63) is 54.6 Å². The summed E-state index contributed by atoms with van der Waals surface area (Å²) < 4.78 is 4.52. The first-order valence-electron chi connectivity index (χ1n) is 5.30. The van der Waals surface area contributed by atoms with Crippen LogP contribution < -0.4 is 5.32 Å². The van der Waals surface area contributed by atoms with E-state index in [4.69, 9.17) is 0 Å². The largest absolute Gasteiger partial charge is 0.453 e. The number of carbonyl (C=O) groups excluding carboxylic acids is 1. The summed E-state index contributed by atoms with van der Waals surface area (Å²) in [6, 6.07) is 17.7. The van der Waals surface area contributed by atoms with E-state index in [0.717, 1.165) is 16.8 Å². The molecule has 0 unspecified atom stereocenters. The van der Waals surface area contributed by atoms with E-state index in [1.165, 1.54) is 7.11 Å². The molecule has 2 aromatic rings. The number of benzene rings is 2. The van der Waals surface area contributed by atoms with E-state index in [2.05, 4.69) is 10.1 Å². The van der Waals surface area contributed by atoms with E-state index in [1.807, 2.05) is 54.6 Å². The molecule has 0 radical (unpaired) electrons. The van der Waals surface area contributed by atoms with Gasteiger partial charge in [0.1, 0.15) is 0 Å². The number of nitrogens with one attached hydrogen (secondary N) is 1. The monoisotopic (exact) mass is 227 g/mol. The molecule has 0 aromatic heterocycles. The Morgan fingerprint density at radius 2 is 1.53 bits per heavy atom. The highest BCUT2D eigenvalue weighted by atomic mass is 16.5. The lowest BCUT2D eigenvalue weighted by molar-refractivity contribution is 0.187. The number of amides is 1. The minimum Gasteiger partial charge on any atom is -0.453 e. The topological polar surface area (TPSA) is 38.3 Å². The molecule has 17 heavy (non-hydrogen) atoms. The van der Waals surface area contributed by atoms with Gasteiger partial charge in [0.2, 0.25) is 0 Å². The summed E-state index contributed by atoms with van der Waals surface area (Å²) in [5.41, 5.74) is 2.98. The average Bonchev–Trinajstić information content (AvgIpc) is 2.40. The van der Waals surface area contributed by atoms with Crippen LogP contribution in [-0.2, 0) is 4.74 Å². The fourth-order valence-electron chi connectivity index (χ4n) is 1.55. The maximum absolute atomic E-state index is 11.0. The predicted octanol–water partition coefficient (Wildman–Crippen LogP) is 3.53. The van der Waals surface area contributed by atoms with Crippen molar-refractivity contribution in [1.82, 2.24) is 0 Å². The lowest BCUT2D eigenvalue weighted by atomic mass is 10.1. The zero-order valence-electron chi connectivity index (χ0n) is 9.51. The van der Waals surface area contributed by atoms with Crippen molar-refractivity contribution in [1.29, 1.82) is 0 Å². The Morgan fingerprint density at radius 1 is 0.941 bits per heavy atom. The predicted molar refractivity (Wildman–Crippen MR) is 67.9 cm³/mol. The van der Waals surface area contributed by atoms with Crippen LogP contribution in [0.1, 0.15) is 0 Å². The van der Waals surface area contributed by atoms with Gasteiger partial charge in [-0.2, -0.15) is 0 Å². The first kappa shape index (κ1) is 11.2. The van der Waals surface area contributed by atoms with Gasteiger partial charge in [-0.25, -0.2) is 4.79 Å². The van der Waals surface area contributed by atoms with Crippen LogP contribution in [-0.4, -0.2) is 13.2 Å². The molecule has 0 saturated carbocycles. The van der Waals surface area contributed by atoms with Gasteiger partial charge in [0.05, 0.1) is 7.11 Å². The number of rotatable bonds is 2. The first-order chi connectivity index (χ1) is 8.29. The molecule has 3 heteroatoms. The van der Waals surface area contributed by atoms with Gasteiger partial charge in [-0.15, -0.1) is 0 Å². The Kier molecular flexibility index (Phi) is 3.40. The van der Waals surface area contributed by atoms with Gasteiger partial charge in [0.25, 0.3) is 0 Å². The summed E-state index contributed by atoms with van der Waals surface area (Å²) in [6.45, 7) is 0. The highest BCUT2D eigenvalue weighted by Gasteiger charge is 2.01. The van der Waals surface area contributed by atoms with E-state index in [-0.39, 0.29) is 0 Å². The Balaban J connectivity index is 2.16. The van der Waals surface area contributed by atoms with Crippen molar-refractivity contribution >= 4 is 11.8 Å². The summed E-state index contributed by atoms with van der Waals surface area (Å²) in [4.78, 5) is 11.0. The standard InChI is InChI=1S/C14H13NO2/c1-17-14(16)15-13-9-7-12(8-10-13)11-5-3-2-4-6-11/h2-10H,1H3,(H,15,16). The summed E-state index contributed by atoms with van der Waals surface area (Å²) >= 11 is 0. The molecular formula is C14H13NO2. The van der Waals surface area contributed by atoms with Crippen LogP contribution in [0.3, 0.4) is 0 Å². The van der Waals surface area contributed by atoms with E-state index in [0.29, 0.717) is 0 Å². The van der Waals surface area contributed by atoms with E-state index in [1.54, 1.807) is 0 Å². The maximum atomic E-state index is 11.0. The van der Waals surface area contributed by atoms with Crippen LogP contribution in [0, 0.1) is 0 Å². The fraction of sp³-hybridized carbons (Fsp3) is 0.0714. The van der Waals surface area contributed by atoms with Crippen molar-refractivity contribution in [3.63, 3.8) is 0 Å². The van der Waals surface area contributed by atoms with Gasteiger partial charge in [0.15, 0.2) is 0 Å². The molecule has 0 fully saturated rings. The zero-order valence-corrected chi connectivity index (χ0v) is 9.51. The average molecular weight is 227 g/mol. The Morgan fingerprint density at radius 3 is 2.12 bits per heavy atom. The van der Waals surface area contributed by atoms with Crippen LogP contribution in [0.25, 0.3) is 11.1 Å². The highest BCUT2D eigenvalue weighted by Crippen LogP contribution is 2.20. The molecule has 0 aliphatic heterocycles. The van der Waals surface area contributed by atoms with E-state index in [9.17, 15) is 4.79 Å². The molecular weight excluding hydrogens is 214 g/mol. The maximum Gasteiger partial charge on any atom is 0.411 e. The van der Waals surface area contributed by atoms with Gasteiger partial charge in [-0.1, -0.05) is 42.5 Å². The second-order valence-corrected chi connectivity index (χ2v) is 3.56. The van der Waals surface area contributed by atoms with Gasteiger partial charge in [-0.3, -0.25) is 5.32 Å². The molecule has 0 bridgehead atoms. The molecule has 0 saturated heterocycles. The smallest absolute Gasteiger partial charge is 0.411 e. The molecule has 0 aliphatic rings. The molecule has 1 amide bonds. The van der Waals surface area contributed by atoms with Gasteiger partial charge in [0, 0.05) is 5.69 Å². The normalized spacial score (nSPS) is 9.71. The zero-order chi connectivity index (χ0) is 12.1. The van der Waals surface area contributed by atoms with Crippen molar-refractivity contribution in [3.8, 4) is 11.1 Å². The minimum absolute atomic E-state index is 0.461. The summed E-state index contributed by atoms with van der Waals surface area (Å²) in [6.07, 6.45) is -0.461. The SMILES string of the molecule is COC(=O)Nc1ccc(-c2ccccc2)cc1. The summed E-state index contributed by atoms with van der Waals surface area (Å²) in [5, 5.41) is 2.61. The lowest BCUT2D eigenvalue weighted by Gasteiger charge is -2.05. The molecule has 1 N–H and O–H groups in total. The quantitative estimate of drug-likeness (QED) is 0.852. The molecule has 2 rings (SSSR count). The molecule has 0 heterocycles. The number of anilines is 1. The molecule has 0 spiro atoms. The lowest BCUT2D eigenvalue weighted by Crippen LogP contribution is -2.10. The molecule has 86 valence electrons. The van der Waals surface area contributed by atoms with Gasteiger partial charge < -0.3 is 4.74 Å². The molecule has 3 nitrogen and oxygen atoms in total. The second kappa shape index (κ2) is 5.16. The number of hydrogen-bond donors (Lipinski definition) is 1. The van der Waals surface area contributed by atoms with Gasteiger partial charge in [-0.05, 0) is 23.3 Å². The number of ether oxygens (including phenoxy) is 1. The van der Waals surface area contributed by atoms with Crippen LogP contribution in [0.15, 0.2) is 54.6 Å². The van der Waals surface area contributed by atoms with Crippen LogP contribution in [0.5, 0.6) is 0 Å². The van der Waals surface area contributed by atoms with Crippen molar-refractivity contribution in [2.24, 2.45) is 0 Å². The fourth-order valence-corrected chi connectivity index (χ4v) is 1.55. The van der Waals surface area contributed by atoms with Crippen molar-refractivity contribution < 1.29 is 9.53 Å². The highest BCUT2D eigenvalue weighted by molar-refractivity contribution is 5.85. The minimum atomic E-state index is -0.461. The Labute approximate surface area is 100 Å². The third-order valence-electron chi connectivity index (χ3n) is 2.42. The Hall–Kier alpha value is -2.29. The summed E-state index contributed by atoms with van der Waals surface area (Å²) in [5.74, 6) is 0. The summed E-state index contributed by atoms with van der Waals surface area (Å²) in [7, 11) is 1.34. The van der Waals surface area contributed by atoms with Crippen molar-refractivity contribution in [2.45, 2.75) is 0 Å². The molecule has 2 aromatic carbocycles. The number of carbonyl (C=O) groups is 1. The first-order valence-corrected chi connectivity index (χ1v) is 5.30. The second-order valence-electron chi connectivity index (χ2n) is 3.56. The third-order valence-corrected chi connectivity index (χ3v) is 2.42. The number of methoxy groups -OCH3 is 1. The van der Waals surface area contributed by atoms with E-state index >= 15 is 0 Å². The number of hydrogen-bond acceptors (Lipinski definition) is 2. The molecule has 0 aliphatic carbocycles. The van der Waals surface area contributed by atoms with Crippen molar-refractivity contribution in [2.75, 3.05) is 12.4 Å². The van der Waals surface area contributed by atoms with Crippen LogP contribution in [0.2, 0.25) is 0 Å². The van der Waals surface area contributed by atoms with Crippen LogP contribution >= 0.6 is 0 Å². The van der Waals surface area contributed by atoms with E-state index < -0.39 is 6.09 Å². The Bertz CT molecular complexity index is 491. The van der Waals surface area contributed by atoms with Crippen LogP contribution in [0.4, 0.5) is 10.5 Å². The third kappa shape index (κ3) is 2.84.